The molecule has 2 aromatic carbocycles. The summed E-state index contributed by atoms with van der Waals surface area (Å²) in [6, 6.07) is 9.74. The molecule has 0 saturated heterocycles. The Morgan fingerprint density at radius 3 is 2.14 bits per heavy atom. The molecule has 0 saturated carbocycles. The van der Waals surface area contributed by atoms with Crippen LogP contribution in [-0.2, 0) is 10.0 Å². The summed E-state index contributed by atoms with van der Waals surface area (Å²) in [5.41, 5.74) is 1.23. The monoisotopic (exact) mass is 311 g/mol. The lowest BCUT2D eigenvalue weighted by Gasteiger charge is -2.23. The van der Waals surface area contributed by atoms with E-state index in [1.807, 2.05) is 13.0 Å². The molecule has 0 amide bonds. The van der Waals surface area contributed by atoms with Gasteiger partial charge in [0.05, 0.1) is 5.69 Å². The van der Waals surface area contributed by atoms with Crippen LogP contribution < -0.4 is 4.31 Å². The van der Waals surface area contributed by atoms with Crippen LogP contribution in [0.2, 0.25) is 0 Å². The van der Waals surface area contributed by atoms with Crippen LogP contribution in [0.1, 0.15) is 12.5 Å². The first-order chi connectivity index (χ1) is 9.87. The highest BCUT2D eigenvalue weighted by atomic mass is 32.2. The SMILES string of the molecule is CCN(c1cccc(C)c1)S(=O)(=O)c1c(F)cccc1F. The molecule has 0 bridgehead atoms. The Morgan fingerprint density at radius 1 is 1.05 bits per heavy atom. The lowest BCUT2D eigenvalue weighted by molar-refractivity contribution is 0.518. The fourth-order valence-electron chi connectivity index (χ4n) is 2.11. The second-order valence-corrected chi connectivity index (χ2v) is 6.36. The minimum atomic E-state index is -4.30. The number of rotatable bonds is 4. The second kappa shape index (κ2) is 5.81. The molecular formula is C15H15F2NO2S. The van der Waals surface area contributed by atoms with Gasteiger partial charge in [-0.25, -0.2) is 17.2 Å². The molecule has 112 valence electrons. The number of sulfonamides is 1. The van der Waals surface area contributed by atoms with Crippen molar-refractivity contribution >= 4 is 15.7 Å². The number of anilines is 1. The third-order valence-corrected chi connectivity index (χ3v) is 5.00. The molecule has 0 spiro atoms. The normalized spacial score (nSPS) is 11.4. The zero-order valence-electron chi connectivity index (χ0n) is 11.7. The van der Waals surface area contributed by atoms with Crippen LogP contribution in [0, 0.1) is 18.6 Å². The van der Waals surface area contributed by atoms with Crippen molar-refractivity contribution in [1.82, 2.24) is 0 Å². The van der Waals surface area contributed by atoms with E-state index in [1.54, 1.807) is 25.1 Å². The van der Waals surface area contributed by atoms with Gasteiger partial charge in [0.25, 0.3) is 10.0 Å². The molecule has 2 rings (SSSR count). The lowest BCUT2D eigenvalue weighted by Crippen LogP contribution is -2.32. The molecule has 2 aromatic rings. The highest BCUT2D eigenvalue weighted by molar-refractivity contribution is 7.92. The van der Waals surface area contributed by atoms with Gasteiger partial charge >= 0.3 is 0 Å². The van der Waals surface area contributed by atoms with Crippen molar-refractivity contribution in [3.8, 4) is 0 Å². The molecule has 6 heteroatoms. The average molecular weight is 311 g/mol. The molecule has 3 nitrogen and oxygen atoms in total. The van der Waals surface area contributed by atoms with Gasteiger partial charge in [-0.1, -0.05) is 18.2 Å². The predicted molar refractivity (Wildman–Crippen MR) is 77.7 cm³/mol. The van der Waals surface area contributed by atoms with Gasteiger partial charge in [-0.2, -0.15) is 0 Å². The first-order valence-electron chi connectivity index (χ1n) is 6.41. The van der Waals surface area contributed by atoms with Gasteiger partial charge in [0.1, 0.15) is 11.6 Å². The Labute approximate surface area is 122 Å². The fourth-order valence-corrected chi connectivity index (χ4v) is 3.69. The van der Waals surface area contributed by atoms with Gasteiger partial charge in [-0.3, -0.25) is 4.31 Å². The topological polar surface area (TPSA) is 37.4 Å². The molecule has 21 heavy (non-hydrogen) atoms. The van der Waals surface area contributed by atoms with Crippen LogP contribution in [0.4, 0.5) is 14.5 Å². The lowest BCUT2D eigenvalue weighted by atomic mass is 10.2. The predicted octanol–water partition coefficient (Wildman–Crippen LogP) is 3.49. The van der Waals surface area contributed by atoms with Crippen molar-refractivity contribution in [2.75, 3.05) is 10.8 Å². The van der Waals surface area contributed by atoms with Crippen LogP contribution in [0.3, 0.4) is 0 Å². The quantitative estimate of drug-likeness (QED) is 0.867. The van der Waals surface area contributed by atoms with E-state index in [0.717, 1.165) is 28.1 Å². The van der Waals surface area contributed by atoms with Crippen LogP contribution in [-0.4, -0.2) is 15.0 Å². The number of nitrogens with zero attached hydrogens (tertiary/aromatic N) is 1. The Bertz CT molecular complexity index is 740. The standard InChI is InChI=1S/C15H15F2NO2S/c1-3-18(12-7-4-6-11(2)10-12)21(19,20)15-13(16)8-5-9-14(15)17/h4-10H,3H2,1-2H3. The van der Waals surface area contributed by atoms with Crippen LogP contribution >= 0.6 is 0 Å². The summed E-state index contributed by atoms with van der Waals surface area (Å²) < 4.78 is 53.7. The Balaban J connectivity index is 2.61. The van der Waals surface area contributed by atoms with Gasteiger partial charge in [-0.15, -0.1) is 0 Å². The van der Waals surface area contributed by atoms with E-state index in [2.05, 4.69) is 0 Å². The summed E-state index contributed by atoms with van der Waals surface area (Å²) in [4.78, 5) is -0.923. The first-order valence-corrected chi connectivity index (χ1v) is 7.85. The molecule has 0 aliphatic carbocycles. The summed E-state index contributed by atoms with van der Waals surface area (Å²) >= 11 is 0. The largest absolute Gasteiger partial charge is 0.270 e. The molecule has 0 aliphatic rings. The van der Waals surface area contributed by atoms with Crippen molar-refractivity contribution in [2.45, 2.75) is 18.7 Å². The van der Waals surface area contributed by atoms with E-state index >= 15 is 0 Å². The summed E-state index contributed by atoms with van der Waals surface area (Å²) in [6.07, 6.45) is 0. The number of hydrogen-bond acceptors (Lipinski definition) is 2. The maximum absolute atomic E-state index is 13.8. The van der Waals surface area contributed by atoms with E-state index in [1.165, 1.54) is 0 Å². The maximum Gasteiger partial charge on any atom is 0.270 e. The van der Waals surface area contributed by atoms with Crippen molar-refractivity contribution in [3.63, 3.8) is 0 Å². The van der Waals surface area contributed by atoms with Crippen molar-refractivity contribution in [1.29, 1.82) is 0 Å². The smallest absolute Gasteiger partial charge is 0.266 e. The van der Waals surface area contributed by atoms with E-state index in [-0.39, 0.29) is 6.54 Å². The second-order valence-electron chi connectivity index (χ2n) is 4.56. The Kier molecular flexibility index (Phi) is 4.27. The van der Waals surface area contributed by atoms with E-state index in [9.17, 15) is 17.2 Å². The van der Waals surface area contributed by atoms with Crippen LogP contribution in [0.5, 0.6) is 0 Å². The van der Waals surface area contributed by atoms with Crippen molar-refractivity contribution in [3.05, 3.63) is 59.7 Å². The van der Waals surface area contributed by atoms with Gasteiger partial charge < -0.3 is 0 Å². The van der Waals surface area contributed by atoms with Crippen LogP contribution in [0.25, 0.3) is 0 Å². The van der Waals surface area contributed by atoms with Gasteiger partial charge in [0.2, 0.25) is 0 Å². The summed E-state index contributed by atoms with van der Waals surface area (Å²) in [5.74, 6) is -2.19. The number of aryl methyl sites for hydroxylation is 1. The third kappa shape index (κ3) is 2.90. The maximum atomic E-state index is 13.8. The molecule has 0 fully saturated rings. The minimum Gasteiger partial charge on any atom is -0.266 e. The Morgan fingerprint density at radius 2 is 1.62 bits per heavy atom. The zero-order valence-corrected chi connectivity index (χ0v) is 12.5. The molecule has 0 atom stereocenters. The van der Waals surface area contributed by atoms with Crippen molar-refractivity contribution < 1.29 is 17.2 Å². The summed E-state index contributed by atoms with van der Waals surface area (Å²) in [7, 11) is -4.30. The van der Waals surface area contributed by atoms with Gasteiger partial charge in [-0.05, 0) is 43.7 Å². The van der Waals surface area contributed by atoms with Gasteiger partial charge in [0.15, 0.2) is 4.90 Å². The molecule has 0 N–H and O–H groups in total. The highest BCUT2D eigenvalue weighted by Gasteiger charge is 2.30. The minimum absolute atomic E-state index is 0.0690. The Hall–Kier alpha value is -1.95. The number of benzene rings is 2. The summed E-state index contributed by atoms with van der Waals surface area (Å²) in [6.45, 7) is 3.49. The van der Waals surface area contributed by atoms with Crippen LogP contribution in [0.15, 0.2) is 47.4 Å². The van der Waals surface area contributed by atoms with Gasteiger partial charge in [0, 0.05) is 6.54 Å². The average Bonchev–Trinajstić information content (AvgIpc) is 2.38. The van der Waals surface area contributed by atoms with Crippen molar-refractivity contribution in [2.24, 2.45) is 0 Å². The first kappa shape index (κ1) is 15.4. The highest BCUT2D eigenvalue weighted by Crippen LogP contribution is 2.27. The molecule has 0 radical (unpaired) electrons. The van der Waals surface area contributed by atoms with E-state index in [4.69, 9.17) is 0 Å². The fraction of sp³-hybridized carbons (Fsp3) is 0.200. The van der Waals surface area contributed by atoms with E-state index < -0.39 is 26.6 Å². The number of halogens is 2. The number of hydrogen-bond donors (Lipinski definition) is 0. The zero-order chi connectivity index (χ0) is 15.6. The van der Waals surface area contributed by atoms with E-state index in [0.29, 0.717) is 5.69 Å². The molecular weight excluding hydrogens is 296 g/mol. The third-order valence-electron chi connectivity index (χ3n) is 3.04. The molecule has 0 aromatic heterocycles. The molecule has 0 heterocycles. The molecule has 0 unspecified atom stereocenters. The summed E-state index contributed by atoms with van der Waals surface area (Å²) in [5, 5.41) is 0. The molecule has 0 aliphatic heterocycles.